The van der Waals surface area contributed by atoms with Gasteiger partial charge < -0.3 is 10.6 Å². The van der Waals surface area contributed by atoms with E-state index in [-0.39, 0.29) is 5.91 Å². The third kappa shape index (κ3) is 3.88. The zero-order valence-corrected chi connectivity index (χ0v) is 17.0. The molecule has 144 valence electrons. The molecular weight excluding hydrogens is 391 g/mol. The van der Waals surface area contributed by atoms with E-state index in [0.717, 1.165) is 16.7 Å². The van der Waals surface area contributed by atoms with Crippen LogP contribution >= 0.6 is 23.2 Å². The summed E-state index contributed by atoms with van der Waals surface area (Å²) in [6, 6.07) is 17.5. The third-order valence-electron chi connectivity index (χ3n) is 5.42. The lowest BCUT2D eigenvalue weighted by molar-refractivity contribution is -0.133. The molecule has 0 saturated carbocycles. The van der Waals surface area contributed by atoms with Crippen molar-refractivity contribution in [2.24, 2.45) is 5.73 Å². The van der Waals surface area contributed by atoms with E-state index in [4.69, 9.17) is 28.9 Å². The SMILES string of the molecule is NC(CC1=CC=C(c2ccccc2)CC1(Cl)Cl)C(=O)N1Cc2ccccc2C1. The summed E-state index contributed by atoms with van der Waals surface area (Å²) in [5.41, 5.74) is 11.6. The summed E-state index contributed by atoms with van der Waals surface area (Å²) in [5.74, 6) is -0.0703. The van der Waals surface area contributed by atoms with Crippen molar-refractivity contribution < 1.29 is 4.79 Å². The van der Waals surface area contributed by atoms with Crippen LogP contribution in [0.3, 0.4) is 0 Å². The normalized spacial score (nSPS) is 18.9. The standard InChI is InChI=1S/C23H22Cl2N2O/c24-23(25)13-17(16-6-2-1-3-7-16)10-11-20(23)12-21(26)22(28)27-14-18-8-4-5-9-19(18)15-27/h1-11,21H,12-15,26H2. The van der Waals surface area contributed by atoms with Crippen molar-refractivity contribution in [1.82, 2.24) is 4.90 Å². The van der Waals surface area contributed by atoms with Crippen LogP contribution in [-0.4, -0.2) is 21.2 Å². The number of rotatable bonds is 4. The predicted molar refractivity (Wildman–Crippen MR) is 115 cm³/mol. The van der Waals surface area contributed by atoms with Crippen LogP contribution in [0.2, 0.25) is 0 Å². The van der Waals surface area contributed by atoms with Crippen molar-refractivity contribution in [2.75, 3.05) is 0 Å². The molecule has 5 heteroatoms. The number of hydrogen-bond acceptors (Lipinski definition) is 2. The highest BCUT2D eigenvalue weighted by Gasteiger charge is 2.36. The van der Waals surface area contributed by atoms with Gasteiger partial charge in [0.05, 0.1) is 6.04 Å². The molecule has 1 aliphatic carbocycles. The van der Waals surface area contributed by atoms with E-state index in [9.17, 15) is 4.79 Å². The molecule has 1 atom stereocenters. The van der Waals surface area contributed by atoms with E-state index in [2.05, 4.69) is 12.1 Å². The Hall–Kier alpha value is -2.07. The quantitative estimate of drug-likeness (QED) is 0.730. The largest absolute Gasteiger partial charge is 0.333 e. The summed E-state index contributed by atoms with van der Waals surface area (Å²) >= 11 is 13.3. The van der Waals surface area contributed by atoms with Crippen LogP contribution in [0, 0.1) is 0 Å². The van der Waals surface area contributed by atoms with Gasteiger partial charge in [0.15, 0.2) is 0 Å². The number of halogens is 2. The average Bonchev–Trinajstić information content (AvgIpc) is 3.13. The van der Waals surface area contributed by atoms with Crippen molar-refractivity contribution in [3.05, 3.63) is 89.0 Å². The van der Waals surface area contributed by atoms with Crippen LogP contribution in [0.25, 0.3) is 5.57 Å². The molecule has 0 aromatic heterocycles. The molecule has 2 aliphatic rings. The summed E-state index contributed by atoms with van der Waals surface area (Å²) in [5, 5.41) is 0. The summed E-state index contributed by atoms with van der Waals surface area (Å²) < 4.78 is -1.06. The number of carbonyl (C=O) groups is 1. The minimum atomic E-state index is -1.06. The van der Waals surface area contributed by atoms with Gasteiger partial charge in [0.1, 0.15) is 4.33 Å². The molecule has 1 unspecified atom stereocenters. The van der Waals surface area contributed by atoms with Gasteiger partial charge in [0.2, 0.25) is 5.91 Å². The van der Waals surface area contributed by atoms with Gasteiger partial charge in [-0.2, -0.15) is 0 Å². The Bertz CT molecular complexity index is 925. The molecule has 2 N–H and O–H groups in total. The van der Waals surface area contributed by atoms with Crippen molar-refractivity contribution in [1.29, 1.82) is 0 Å². The first-order chi connectivity index (χ1) is 13.4. The van der Waals surface area contributed by atoms with Gasteiger partial charge in [-0.1, -0.05) is 90.0 Å². The van der Waals surface area contributed by atoms with Gasteiger partial charge in [-0.15, -0.1) is 0 Å². The molecule has 0 spiro atoms. The Labute approximate surface area is 175 Å². The van der Waals surface area contributed by atoms with Crippen molar-refractivity contribution >= 4 is 34.7 Å². The Morgan fingerprint density at radius 3 is 2.21 bits per heavy atom. The van der Waals surface area contributed by atoms with Crippen LogP contribution in [0.1, 0.15) is 29.5 Å². The fourth-order valence-corrected chi connectivity index (χ4v) is 4.42. The third-order valence-corrected chi connectivity index (χ3v) is 6.17. The van der Waals surface area contributed by atoms with E-state index in [1.54, 1.807) is 4.90 Å². The summed E-state index contributed by atoms with van der Waals surface area (Å²) in [6.45, 7) is 1.21. The first-order valence-corrected chi connectivity index (χ1v) is 10.1. The molecule has 28 heavy (non-hydrogen) atoms. The van der Waals surface area contributed by atoms with Gasteiger partial charge in [-0.3, -0.25) is 4.79 Å². The molecule has 0 fully saturated rings. The Morgan fingerprint density at radius 2 is 1.61 bits per heavy atom. The molecular formula is C23H22Cl2N2O. The molecule has 3 nitrogen and oxygen atoms in total. The molecule has 2 aromatic carbocycles. The number of allylic oxidation sites excluding steroid dienone is 3. The average molecular weight is 413 g/mol. The molecule has 2 aromatic rings. The maximum absolute atomic E-state index is 12.9. The fraction of sp³-hybridized carbons (Fsp3) is 0.261. The second kappa shape index (κ2) is 7.75. The number of hydrogen-bond donors (Lipinski definition) is 1. The first-order valence-electron chi connectivity index (χ1n) is 9.38. The first kappa shape index (κ1) is 19.3. The minimum absolute atomic E-state index is 0.0703. The topological polar surface area (TPSA) is 46.3 Å². The maximum atomic E-state index is 12.9. The Kier molecular flexibility index (Phi) is 5.33. The van der Waals surface area contributed by atoms with E-state index in [1.165, 1.54) is 11.1 Å². The van der Waals surface area contributed by atoms with E-state index in [1.807, 2.05) is 54.6 Å². The highest BCUT2D eigenvalue weighted by molar-refractivity contribution is 6.51. The molecule has 1 aliphatic heterocycles. The van der Waals surface area contributed by atoms with Gasteiger partial charge >= 0.3 is 0 Å². The predicted octanol–water partition coefficient (Wildman–Crippen LogP) is 4.83. The zero-order chi connectivity index (χ0) is 19.7. The Morgan fingerprint density at radius 1 is 1.00 bits per heavy atom. The van der Waals surface area contributed by atoms with Crippen LogP contribution < -0.4 is 5.73 Å². The second-order valence-electron chi connectivity index (χ2n) is 7.40. The van der Waals surface area contributed by atoms with E-state index in [0.29, 0.717) is 25.9 Å². The minimum Gasteiger partial charge on any atom is -0.333 e. The number of nitrogens with zero attached hydrogens (tertiary/aromatic N) is 1. The summed E-state index contributed by atoms with van der Waals surface area (Å²) in [7, 11) is 0. The molecule has 0 radical (unpaired) electrons. The summed E-state index contributed by atoms with van der Waals surface area (Å²) in [6.07, 6.45) is 4.77. The number of fused-ring (bicyclic) bond motifs is 1. The smallest absolute Gasteiger partial charge is 0.240 e. The fourth-order valence-electron chi connectivity index (χ4n) is 3.85. The maximum Gasteiger partial charge on any atom is 0.240 e. The lowest BCUT2D eigenvalue weighted by Gasteiger charge is -2.30. The van der Waals surface area contributed by atoms with Gasteiger partial charge in [-0.25, -0.2) is 0 Å². The van der Waals surface area contributed by atoms with E-state index >= 15 is 0 Å². The molecule has 0 saturated heterocycles. The molecule has 1 amide bonds. The monoisotopic (exact) mass is 412 g/mol. The van der Waals surface area contributed by atoms with Crippen LogP contribution in [0.5, 0.6) is 0 Å². The lowest BCUT2D eigenvalue weighted by Crippen LogP contribution is -2.42. The highest BCUT2D eigenvalue weighted by Crippen LogP contribution is 2.44. The van der Waals surface area contributed by atoms with Crippen molar-refractivity contribution in [3.63, 3.8) is 0 Å². The molecule has 1 heterocycles. The van der Waals surface area contributed by atoms with Crippen molar-refractivity contribution in [3.8, 4) is 0 Å². The highest BCUT2D eigenvalue weighted by atomic mass is 35.5. The van der Waals surface area contributed by atoms with Crippen molar-refractivity contribution in [2.45, 2.75) is 36.3 Å². The summed E-state index contributed by atoms with van der Waals surface area (Å²) in [4.78, 5) is 14.7. The van der Waals surface area contributed by atoms with Gasteiger partial charge in [-0.05, 0) is 34.3 Å². The van der Waals surface area contributed by atoms with Crippen LogP contribution in [0.4, 0.5) is 0 Å². The van der Waals surface area contributed by atoms with E-state index < -0.39 is 10.4 Å². The number of carbonyl (C=O) groups excluding carboxylic acids is 1. The zero-order valence-electron chi connectivity index (χ0n) is 15.4. The molecule has 4 rings (SSSR count). The second-order valence-corrected chi connectivity index (χ2v) is 8.89. The number of benzene rings is 2. The molecule has 0 bridgehead atoms. The van der Waals surface area contributed by atoms with Crippen LogP contribution in [0.15, 0.2) is 72.3 Å². The number of amides is 1. The van der Waals surface area contributed by atoms with Crippen LogP contribution in [-0.2, 0) is 17.9 Å². The number of alkyl halides is 2. The Balaban J connectivity index is 1.46. The lowest BCUT2D eigenvalue weighted by atomic mass is 9.89. The van der Waals surface area contributed by atoms with Gasteiger partial charge in [0.25, 0.3) is 0 Å². The van der Waals surface area contributed by atoms with Gasteiger partial charge in [0, 0.05) is 19.5 Å². The number of nitrogens with two attached hydrogens (primary N) is 1.